The molecule has 2 aromatic rings. The third kappa shape index (κ3) is 6.49. The monoisotopic (exact) mass is 381 g/mol. The molecule has 1 amide bonds. The van der Waals surface area contributed by atoms with Crippen molar-refractivity contribution in [3.63, 3.8) is 0 Å². The van der Waals surface area contributed by atoms with Gasteiger partial charge in [-0.2, -0.15) is 0 Å². The summed E-state index contributed by atoms with van der Waals surface area (Å²) in [6, 6.07) is 8.71. The number of likely N-dealkylation sites (N-methyl/N-ethyl adjacent to an activating group) is 1. The molecular weight excluding hydrogens is 361 g/mol. The Morgan fingerprint density at radius 2 is 1.92 bits per heavy atom. The summed E-state index contributed by atoms with van der Waals surface area (Å²) in [4.78, 5) is 14.2. The third-order valence-electron chi connectivity index (χ3n) is 3.46. The van der Waals surface area contributed by atoms with Gasteiger partial charge in [0.05, 0.1) is 0 Å². The lowest BCUT2D eigenvalue weighted by atomic mass is 10.1. The number of nitrogens with one attached hydrogen (secondary N) is 2. The van der Waals surface area contributed by atoms with Gasteiger partial charge in [0, 0.05) is 29.7 Å². The lowest BCUT2D eigenvalue weighted by Gasteiger charge is -2.10. The van der Waals surface area contributed by atoms with Gasteiger partial charge in [-0.15, -0.1) is 10.2 Å². The molecule has 0 aliphatic heterocycles. The SMILES string of the molecule is CN(C)CCNc1ccc(C(=O)NCCc2ccc(Cl)cc2Cl)nn1. The summed E-state index contributed by atoms with van der Waals surface area (Å²) >= 11 is 12.0. The number of nitrogens with zero attached hydrogens (tertiary/aromatic N) is 3. The Kier molecular flexibility index (Phi) is 7.43. The van der Waals surface area contributed by atoms with E-state index in [-0.39, 0.29) is 11.6 Å². The van der Waals surface area contributed by atoms with Crippen LogP contribution in [0.2, 0.25) is 10.0 Å². The van der Waals surface area contributed by atoms with Crippen molar-refractivity contribution in [3.05, 3.63) is 51.6 Å². The van der Waals surface area contributed by atoms with Gasteiger partial charge in [0.25, 0.3) is 5.91 Å². The van der Waals surface area contributed by atoms with Gasteiger partial charge in [0.15, 0.2) is 5.69 Å². The minimum atomic E-state index is -0.266. The molecule has 0 bridgehead atoms. The molecule has 0 radical (unpaired) electrons. The van der Waals surface area contributed by atoms with Gasteiger partial charge >= 0.3 is 0 Å². The van der Waals surface area contributed by atoms with Crippen molar-refractivity contribution in [2.24, 2.45) is 0 Å². The number of hydrogen-bond acceptors (Lipinski definition) is 5. The Morgan fingerprint density at radius 3 is 2.56 bits per heavy atom. The summed E-state index contributed by atoms with van der Waals surface area (Å²) in [6.45, 7) is 2.09. The second-order valence-electron chi connectivity index (χ2n) is 5.78. The number of rotatable bonds is 8. The molecule has 0 atom stereocenters. The maximum Gasteiger partial charge on any atom is 0.271 e. The fourth-order valence-electron chi connectivity index (χ4n) is 2.08. The van der Waals surface area contributed by atoms with E-state index in [1.165, 1.54) is 0 Å². The average Bonchev–Trinajstić information content (AvgIpc) is 2.57. The number of carbonyl (C=O) groups excluding carboxylic acids is 1. The van der Waals surface area contributed by atoms with Gasteiger partial charge in [-0.05, 0) is 50.3 Å². The van der Waals surface area contributed by atoms with Gasteiger partial charge in [-0.3, -0.25) is 4.79 Å². The maximum atomic E-state index is 12.1. The highest BCUT2D eigenvalue weighted by molar-refractivity contribution is 6.35. The van der Waals surface area contributed by atoms with Crippen LogP contribution in [0.15, 0.2) is 30.3 Å². The summed E-state index contributed by atoms with van der Waals surface area (Å²) in [5, 5.41) is 15.1. The molecule has 0 fully saturated rings. The van der Waals surface area contributed by atoms with Crippen LogP contribution in [0.5, 0.6) is 0 Å². The second kappa shape index (κ2) is 9.56. The molecule has 134 valence electrons. The van der Waals surface area contributed by atoms with Gasteiger partial charge < -0.3 is 15.5 Å². The van der Waals surface area contributed by atoms with Crippen LogP contribution >= 0.6 is 23.2 Å². The number of halogens is 2. The largest absolute Gasteiger partial charge is 0.367 e. The number of anilines is 1. The predicted molar refractivity (Wildman–Crippen MR) is 102 cm³/mol. The summed E-state index contributed by atoms with van der Waals surface area (Å²) in [5.41, 5.74) is 1.21. The first-order chi connectivity index (χ1) is 12.0. The highest BCUT2D eigenvalue weighted by Gasteiger charge is 2.08. The van der Waals surface area contributed by atoms with Crippen molar-refractivity contribution in [1.82, 2.24) is 20.4 Å². The quantitative estimate of drug-likeness (QED) is 0.735. The van der Waals surface area contributed by atoms with Crippen LogP contribution in [0.25, 0.3) is 0 Å². The van der Waals surface area contributed by atoms with Gasteiger partial charge in [-0.25, -0.2) is 0 Å². The number of benzene rings is 1. The second-order valence-corrected chi connectivity index (χ2v) is 6.62. The van der Waals surface area contributed by atoms with E-state index in [1.807, 2.05) is 20.2 Å². The fraction of sp³-hybridized carbons (Fsp3) is 0.353. The Labute approximate surface area is 157 Å². The number of amides is 1. The van der Waals surface area contributed by atoms with Crippen molar-refractivity contribution in [2.75, 3.05) is 39.0 Å². The van der Waals surface area contributed by atoms with E-state index >= 15 is 0 Å². The number of aromatic nitrogens is 2. The summed E-state index contributed by atoms with van der Waals surface area (Å²) in [5.74, 6) is 0.378. The summed E-state index contributed by atoms with van der Waals surface area (Å²) in [7, 11) is 4.00. The standard InChI is InChI=1S/C17H21Cl2N5O/c1-24(2)10-9-20-16-6-5-15(22-23-16)17(25)21-8-7-12-3-4-13(18)11-14(12)19/h3-6,11H,7-10H2,1-2H3,(H,20,23)(H,21,25). The molecule has 1 heterocycles. The third-order valence-corrected chi connectivity index (χ3v) is 4.04. The lowest BCUT2D eigenvalue weighted by molar-refractivity contribution is 0.0948. The van der Waals surface area contributed by atoms with E-state index < -0.39 is 0 Å². The Bertz CT molecular complexity index is 707. The minimum Gasteiger partial charge on any atom is -0.367 e. The zero-order chi connectivity index (χ0) is 18.2. The summed E-state index contributed by atoms with van der Waals surface area (Å²) < 4.78 is 0. The fourth-order valence-corrected chi connectivity index (χ4v) is 2.58. The van der Waals surface area contributed by atoms with Crippen LogP contribution in [0.1, 0.15) is 16.1 Å². The zero-order valence-corrected chi connectivity index (χ0v) is 15.7. The topological polar surface area (TPSA) is 70.2 Å². The highest BCUT2D eigenvalue weighted by atomic mass is 35.5. The van der Waals surface area contributed by atoms with Crippen LogP contribution in [0.4, 0.5) is 5.82 Å². The van der Waals surface area contributed by atoms with Crippen LogP contribution < -0.4 is 10.6 Å². The first-order valence-corrected chi connectivity index (χ1v) is 8.66. The van der Waals surface area contributed by atoms with Gasteiger partial charge in [0.1, 0.15) is 5.82 Å². The zero-order valence-electron chi connectivity index (χ0n) is 14.2. The minimum absolute atomic E-state index is 0.266. The van der Waals surface area contributed by atoms with Crippen LogP contribution in [0, 0.1) is 0 Å². The number of hydrogen-bond donors (Lipinski definition) is 2. The molecule has 1 aromatic heterocycles. The molecule has 0 saturated heterocycles. The molecule has 1 aromatic carbocycles. The molecule has 25 heavy (non-hydrogen) atoms. The van der Waals surface area contributed by atoms with E-state index in [4.69, 9.17) is 23.2 Å². The molecule has 0 saturated carbocycles. The Balaban J connectivity index is 1.80. The molecule has 2 N–H and O–H groups in total. The smallest absolute Gasteiger partial charge is 0.271 e. The average molecular weight is 382 g/mol. The molecule has 6 nitrogen and oxygen atoms in total. The van der Waals surface area contributed by atoms with Crippen molar-refractivity contribution in [1.29, 1.82) is 0 Å². The molecule has 0 spiro atoms. The van der Waals surface area contributed by atoms with E-state index in [0.29, 0.717) is 28.8 Å². The molecule has 0 unspecified atom stereocenters. The van der Waals surface area contributed by atoms with Crippen LogP contribution in [0.3, 0.4) is 0 Å². The Hall–Kier alpha value is -1.89. The normalized spacial score (nSPS) is 10.8. The molecule has 0 aliphatic carbocycles. The summed E-state index contributed by atoms with van der Waals surface area (Å²) in [6.07, 6.45) is 0.610. The van der Waals surface area contributed by atoms with E-state index in [0.717, 1.165) is 18.7 Å². The first-order valence-electron chi connectivity index (χ1n) is 7.90. The van der Waals surface area contributed by atoms with Gasteiger partial charge in [0.2, 0.25) is 0 Å². The number of carbonyl (C=O) groups is 1. The van der Waals surface area contributed by atoms with Gasteiger partial charge in [-0.1, -0.05) is 29.3 Å². The highest BCUT2D eigenvalue weighted by Crippen LogP contribution is 2.21. The van der Waals surface area contributed by atoms with E-state index in [2.05, 4.69) is 25.7 Å². The first kappa shape index (κ1) is 19.4. The lowest BCUT2D eigenvalue weighted by Crippen LogP contribution is -2.27. The predicted octanol–water partition coefficient (Wildman–Crippen LogP) is 2.73. The van der Waals surface area contributed by atoms with E-state index in [1.54, 1.807) is 24.3 Å². The van der Waals surface area contributed by atoms with Crippen LogP contribution in [-0.4, -0.2) is 54.7 Å². The Morgan fingerprint density at radius 1 is 1.12 bits per heavy atom. The molecule has 0 aliphatic rings. The van der Waals surface area contributed by atoms with Crippen molar-refractivity contribution in [2.45, 2.75) is 6.42 Å². The molecular formula is C17H21Cl2N5O. The molecule has 2 rings (SSSR count). The van der Waals surface area contributed by atoms with Crippen molar-refractivity contribution < 1.29 is 4.79 Å². The van der Waals surface area contributed by atoms with Crippen molar-refractivity contribution in [3.8, 4) is 0 Å². The van der Waals surface area contributed by atoms with Crippen molar-refractivity contribution >= 4 is 34.9 Å². The maximum absolute atomic E-state index is 12.1. The molecule has 8 heteroatoms. The van der Waals surface area contributed by atoms with Crippen LogP contribution in [-0.2, 0) is 6.42 Å². The van der Waals surface area contributed by atoms with E-state index in [9.17, 15) is 4.79 Å².